The summed E-state index contributed by atoms with van der Waals surface area (Å²) in [5, 5.41) is 0. The van der Waals surface area contributed by atoms with Gasteiger partial charge in [-0.1, -0.05) is 0 Å². The number of anilines is 1. The van der Waals surface area contributed by atoms with E-state index in [-0.39, 0.29) is 11.8 Å². The van der Waals surface area contributed by atoms with E-state index in [0.29, 0.717) is 12.6 Å². The summed E-state index contributed by atoms with van der Waals surface area (Å²) in [6.07, 6.45) is -1.62. The van der Waals surface area contributed by atoms with Crippen molar-refractivity contribution in [2.24, 2.45) is 5.84 Å². The molecule has 1 aromatic heterocycles. The summed E-state index contributed by atoms with van der Waals surface area (Å²) in [5.74, 6) is 4.62. The molecule has 118 valence electrons. The standard InChI is InChI=1S/C12H18F3N5O/c1-20-5-2-3-8(20)4-6-21-10-7-9(12(13,14)15)17-11(18-10)19-16/h7-8H,2-6,16H2,1H3,(H,17,18,19). The van der Waals surface area contributed by atoms with Crippen molar-refractivity contribution in [3.8, 4) is 5.88 Å². The Bertz CT molecular complexity index is 482. The fraction of sp³-hybridized carbons (Fsp3) is 0.667. The molecular formula is C12H18F3N5O. The van der Waals surface area contributed by atoms with E-state index in [0.717, 1.165) is 31.9 Å². The normalized spacial score (nSPS) is 19.8. The van der Waals surface area contributed by atoms with Gasteiger partial charge in [-0.25, -0.2) is 10.8 Å². The van der Waals surface area contributed by atoms with Crippen molar-refractivity contribution in [3.05, 3.63) is 11.8 Å². The Labute approximate surface area is 120 Å². The van der Waals surface area contributed by atoms with Crippen molar-refractivity contribution >= 4 is 5.95 Å². The van der Waals surface area contributed by atoms with Crippen LogP contribution in [0.15, 0.2) is 6.07 Å². The number of alkyl halides is 3. The molecule has 1 aliphatic heterocycles. The number of hydrazine groups is 1. The smallest absolute Gasteiger partial charge is 0.433 e. The molecule has 9 heteroatoms. The van der Waals surface area contributed by atoms with Gasteiger partial charge in [0.05, 0.1) is 6.61 Å². The Morgan fingerprint density at radius 1 is 1.48 bits per heavy atom. The van der Waals surface area contributed by atoms with Crippen molar-refractivity contribution in [2.75, 3.05) is 25.6 Å². The first kappa shape index (κ1) is 15.8. The zero-order valence-electron chi connectivity index (χ0n) is 11.7. The molecule has 0 spiro atoms. The third kappa shape index (κ3) is 4.18. The molecule has 0 bridgehead atoms. The summed E-state index contributed by atoms with van der Waals surface area (Å²) in [5.41, 5.74) is 0.923. The van der Waals surface area contributed by atoms with Crippen LogP contribution in [0.3, 0.4) is 0 Å². The number of likely N-dealkylation sites (tertiary alicyclic amines) is 1. The monoisotopic (exact) mass is 305 g/mol. The number of nitrogens with zero attached hydrogens (tertiary/aromatic N) is 3. The minimum Gasteiger partial charge on any atom is -0.477 e. The average Bonchev–Trinajstić information content (AvgIpc) is 2.83. The maximum absolute atomic E-state index is 12.7. The van der Waals surface area contributed by atoms with Crippen LogP contribution >= 0.6 is 0 Å². The molecule has 1 saturated heterocycles. The number of nitrogens with one attached hydrogen (secondary N) is 1. The predicted molar refractivity (Wildman–Crippen MR) is 70.6 cm³/mol. The van der Waals surface area contributed by atoms with Crippen LogP contribution in [0.1, 0.15) is 25.0 Å². The van der Waals surface area contributed by atoms with Gasteiger partial charge < -0.3 is 9.64 Å². The molecule has 1 aliphatic rings. The van der Waals surface area contributed by atoms with Gasteiger partial charge in [0, 0.05) is 12.1 Å². The Morgan fingerprint density at radius 2 is 2.24 bits per heavy atom. The van der Waals surface area contributed by atoms with Gasteiger partial charge in [-0.2, -0.15) is 18.2 Å². The lowest BCUT2D eigenvalue weighted by Gasteiger charge is -2.19. The molecule has 3 N–H and O–H groups in total. The molecule has 1 aromatic rings. The summed E-state index contributed by atoms with van der Waals surface area (Å²) in [6.45, 7) is 1.34. The Balaban J connectivity index is 1.98. The minimum atomic E-state index is -4.57. The van der Waals surface area contributed by atoms with E-state index < -0.39 is 11.9 Å². The molecule has 0 aromatic carbocycles. The van der Waals surface area contributed by atoms with Crippen molar-refractivity contribution in [1.82, 2.24) is 14.9 Å². The molecule has 6 nitrogen and oxygen atoms in total. The second-order valence-corrected chi connectivity index (χ2v) is 4.97. The van der Waals surface area contributed by atoms with E-state index in [1.807, 2.05) is 12.5 Å². The summed E-state index contributed by atoms with van der Waals surface area (Å²) >= 11 is 0. The van der Waals surface area contributed by atoms with Gasteiger partial charge in [0.15, 0.2) is 5.69 Å². The number of aromatic nitrogens is 2. The van der Waals surface area contributed by atoms with E-state index in [9.17, 15) is 13.2 Å². The molecule has 0 radical (unpaired) electrons. The summed E-state index contributed by atoms with van der Waals surface area (Å²) < 4.78 is 43.4. The van der Waals surface area contributed by atoms with Gasteiger partial charge in [0.1, 0.15) is 0 Å². The van der Waals surface area contributed by atoms with Gasteiger partial charge in [-0.3, -0.25) is 5.43 Å². The molecule has 0 saturated carbocycles. The number of nitrogens with two attached hydrogens (primary N) is 1. The lowest BCUT2D eigenvalue weighted by atomic mass is 10.1. The number of hydrogen-bond donors (Lipinski definition) is 2. The Kier molecular flexibility index (Phi) is 4.84. The first-order chi connectivity index (χ1) is 9.90. The van der Waals surface area contributed by atoms with E-state index in [2.05, 4.69) is 14.9 Å². The predicted octanol–water partition coefficient (Wildman–Crippen LogP) is 1.64. The topological polar surface area (TPSA) is 76.3 Å². The number of nitrogen functional groups attached to an aromatic ring is 1. The fourth-order valence-electron chi connectivity index (χ4n) is 2.35. The number of ether oxygens (including phenoxy) is 1. The first-order valence-electron chi connectivity index (χ1n) is 6.66. The average molecular weight is 305 g/mol. The molecule has 2 rings (SSSR count). The summed E-state index contributed by atoms with van der Waals surface area (Å²) in [6, 6.07) is 1.18. The second-order valence-electron chi connectivity index (χ2n) is 4.97. The number of rotatable bonds is 5. The fourth-order valence-corrected chi connectivity index (χ4v) is 2.35. The highest BCUT2D eigenvalue weighted by Gasteiger charge is 2.34. The largest absolute Gasteiger partial charge is 0.477 e. The van der Waals surface area contributed by atoms with Crippen LogP contribution in [0, 0.1) is 0 Å². The van der Waals surface area contributed by atoms with Crippen molar-refractivity contribution < 1.29 is 17.9 Å². The Hall–Kier alpha value is -1.61. The van der Waals surface area contributed by atoms with Crippen molar-refractivity contribution in [3.63, 3.8) is 0 Å². The molecule has 1 fully saturated rings. The molecule has 21 heavy (non-hydrogen) atoms. The maximum Gasteiger partial charge on any atom is 0.433 e. The molecule has 2 heterocycles. The highest BCUT2D eigenvalue weighted by atomic mass is 19.4. The van der Waals surface area contributed by atoms with Crippen molar-refractivity contribution in [1.29, 1.82) is 0 Å². The summed E-state index contributed by atoms with van der Waals surface area (Å²) in [7, 11) is 2.03. The third-order valence-corrected chi connectivity index (χ3v) is 3.49. The minimum absolute atomic E-state index is 0.133. The Morgan fingerprint density at radius 3 is 2.81 bits per heavy atom. The van der Waals surface area contributed by atoms with Gasteiger partial charge in [0.25, 0.3) is 0 Å². The maximum atomic E-state index is 12.7. The quantitative estimate of drug-likeness (QED) is 0.636. The van der Waals surface area contributed by atoms with Crippen LogP contribution in [-0.2, 0) is 6.18 Å². The van der Waals surface area contributed by atoms with Gasteiger partial charge in [0.2, 0.25) is 11.8 Å². The zero-order valence-corrected chi connectivity index (χ0v) is 11.7. The lowest BCUT2D eigenvalue weighted by molar-refractivity contribution is -0.141. The highest BCUT2D eigenvalue weighted by molar-refractivity contribution is 5.30. The van der Waals surface area contributed by atoms with E-state index >= 15 is 0 Å². The summed E-state index contributed by atoms with van der Waals surface area (Å²) in [4.78, 5) is 9.25. The van der Waals surface area contributed by atoms with Crippen LogP contribution in [0.4, 0.5) is 19.1 Å². The van der Waals surface area contributed by atoms with Crippen molar-refractivity contribution in [2.45, 2.75) is 31.5 Å². The van der Waals surface area contributed by atoms with E-state index in [4.69, 9.17) is 10.6 Å². The number of halogens is 3. The van der Waals surface area contributed by atoms with Crippen LogP contribution < -0.4 is 16.0 Å². The van der Waals surface area contributed by atoms with Crippen LogP contribution in [-0.4, -0.2) is 41.1 Å². The van der Waals surface area contributed by atoms with E-state index in [1.54, 1.807) is 0 Å². The van der Waals surface area contributed by atoms with E-state index in [1.165, 1.54) is 0 Å². The zero-order chi connectivity index (χ0) is 15.5. The second kappa shape index (κ2) is 6.44. The number of hydrogen-bond acceptors (Lipinski definition) is 6. The van der Waals surface area contributed by atoms with Crippen LogP contribution in [0.5, 0.6) is 5.88 Å². The lowest BCUT2D eigenvalue weighted by Crippen LogP contribution is -2.26. The molecular weight excluding hydrogens is 287 g/mol. The third-order valence-electron chi connectivity index (χ3n) is 3.49. The van der Waals surface area contributed by atoms with Gasteiger partial charge >= 0.3 is 6.18 Å². The molecule has 0 amide bonds. The van der Waals surface area contributed by atoms with Gasteiger partial charge in [-0.15, -0.1) is 0 Å². The SMILES string of the molecule is CN1CCCC1CCOc1cc(C(F)(F)F)nc(NN)n1. The van der Waals surface area contributed by atoms with Gasteiger partial charge in [-0.05, 0) is 32.9 Å². The molecule has 1 unspecified atom stereocenters. The molecule has 1 atom stereocenters. The highest BCUT2D eigenvalue weighted by Crippen LogP contribution is 2.30. The molecule has 0 aliphatic carbocycles. The van der Waals surface area contributed by atoms with Crippen LogP contribution in [0.25, 0.3) is 0 Å². The van der Waals surface area contributed by atoms with Crippen LogP contribution in [0.2, 0.25) is 0 Å². The first-order valence-corrected chi connectivity index (χ1v) is 6.66.